The van der Waals surface area contributed by atoms with Crippen molar-refractivity contribution in [2.24, 2.45) is 5.73 Å². The van der Waals surface area contributed by atoms with Crippen molar-refractivity contribution >= 4 is 11.9 Å². The standard InChI is InChI=1S/C7H12N2O.C5H6N2O/c1-9-6-4-2-3-5(6)8-7(9)10;6-5(8)4-2-1-3-7-4/h5-6H,2-4H2,1H3,(H,8,10);1-3,7H,(H2,6,8)/t5-,6+;/m0./s1. The van der Waals surface area contributed by atoms with E-state index in [1.165, 1.54) is 19.3 Å². The fraction of sp³-hybridized carbons (Fsp3) is 0.500. The summed E-state index contributed by atoms with van der Waals surface area (Å²) in [5.41, 5.74) is 5.34. The molecular weight excluding hydrogens is 232 g/mol. The molecule has 4 N–H and O–H groups in total. The number of hydrogen-bond donors (Lipinski definition) is 3. The molecule has 1 saturated heterocycles. The second kappa shape index (κ2) is 5.12. The number of nitrogens with two attached hydrogens (primary N) is 1. The molecule has 0 spiro atoms. The van der Waals surface area contributed by atoms with Crippen LogP contribution in [-0.2, 0) is 0 Å². The summed E-state index contributed by atoms with van der Waals surface area (Å²) >= 11 is 0. The van der Waals surface area contributed by atoms with Crippen LogP contribution >= 0.6 is 0 Å². The fourth-order valence-electron chi connectivity index (χ4n) is 2.47. The second-order valence-corrected chi connectivity index (χ2v) is 4.61. The Kier molecular flexibility index (Phi) is 3.55. The van der Waals surface area contributed by atoms with E-state index >= 15 is 0 Å². The molecule has 6 heteroatoms. The molecule has 18 heavy (non-hydrogen) atoms. The molecule has 2 atom stereocenters. The molecular formula is C12H18N4O2. The van der Waals surface area contributed by atoms with Crippen molar-refractivity contribution < 1.29 is 9.59 Å². The van der Waals surface area contributed by atoms with E-state index in [0.29, 0.717) is 17.8 Å². The summed E-state index contributed by atoms with van der Waals surface area (Å²) in [4.78, 5) is 25.7. The first-order chi connectivity index (χ1) is 8.59. The lowest BCUT2D eigenvalue weighted by Gasteiger charge is -2.14. The molecule has 3 amide bonds. The highest BCUT2D eigenvalue weighted by Crippen LogP contribution is 2.27. The van der Waals surface area contributed by atoms with Crippen molar-refractivity contribution in [2.75, 3.05) is 7.05 Å². The highest BCUT2D eigenvalue weighted by molar-refractivity contribution is 5.90. The third kappa shape index (κ3) is 2.47. The first-order valence-corrected chi connectivity index (χ1v) is 6.06. The van der Waals surface area contributed by atoms with Crippen molar-refractivity contribution in [2.45, 2.75) is 31.3 Å². The van der Waals surface area contributed by atoms with Crippen molar-refractivity contribution in [3.63, 3.8) is 0 Å². The summed E-state index contributed by atoms with van der Waals surface area (Å²) < 4.78 is 0. The van der Waals surface area contributed by atoms with E-state index in [2.05, 4.69) is 10.3 Å². The molecule has 1 aromatic rings. The van der Waals surface area contributed by atoms with Crippen LogP contribution in [0.1, 0.15) is 29.8 Å². The molecule has 0 aromatic carbocycles. The molecule has 2 fully saturated rings. The first kappa shape index (κ1) is 12.5. The Morgan fingerprint density at radius 3 is 2.78 bits per heavy atom. The zero-order chi connectivity index (χ0) is 13.1. The van der Waals surface area contributed by atoms with Gasteiger partial charge >= 0.3 is 6.03 Å². The maximum Gasteiger partial charge on any atom is 0.317 e. The molecule has 1 aliphatic heterocycles. The molecule has 2 aliphatic rings. The number of carbonyl (C=O) groups is 2. The highest BCUT2D eigenvalue weighted by atomic mass is 16.2. The van der Waals surface area contributed by atoms with E-state index < -0.39 is 5.91 Å². The predicted octanol–water partition coefficient (Wildman–Crippen LogP) is 0.676. The molecule has 98 valence electrons. The normalized spacial score (nSPS) is 25.2. The van der Waals surface area contributed by atoms with E-state index in [4.69, 9.17) is 5.73 Å². The number of fused-ring (bicyclic) bond motifs is 1. The number of H-pyrrole nitrogens is 1. The molecule has 3 rings (SSSR count). The van der Waals surface area contributed by atoms with Crippen molar-refractivity contribution in [1.29, 1.82) is 0 Å². The van der Waals surface area contributed by atoms with Gasteiger partial charge in [-0.1, -0.05) is 0 Å². The average molecular weight is 250 g/mol. The van der Waals surface area contributed by atoms with Crippen molar-refractivity contribution in [3.8, 4) is 0 Å². The minimum atomic E-state index is -0.421. The number of aromatic amines is 1. The molecule has 2 heterocycles. The summed E-state index contributed by atoms with van der Waals surface area (Å²) in [5, 5.41) is 2.95. The van der Waals surface area contributed by atoms with Gasteiger partial charge in [-0.3, -0.25) is 4.79 Å². The highest BCUT2D eigenvalue weighted by Gasteiger charge is 2.39. The number of hydrogen-bond acceptors (Lipinski definition) is 2. The summed E-state index contributed by atoms with van der Waals surface area (Å²) in [6, 6.07) is 4.40. The molecule has 1 aromatic heterocycles. The Hall–Kier alpha value is -1.98. The first-order valence-electron chi connectivity index (χ1n) is 6.06. The Balaban J connectivity index is 0.000000138. The van der Waals surface area contributed by atoms with Gasteiger partial charge in [0.1, 0.15) is 5.69 Å². The summed E-state index contributed by atoms with van der Waals surface area (Å²) in [6.45, 7) is 0. The lowest BCUT2D eigenvalue weighted by Crippen LogP contribution is -2.29. The number of nitrogens with one attached hydrogen (secondary N) is 2. The fourth-order valence-corrected chi connectivity index (χ4v) is 2.47. The number of amides is 3. The average Bonchev–Trinajstić information content (AvgIpc) is 3.02. The Bertz CT molecular complexity index is 429. The van der Waals surface area contributed by atoms with Gasteiger partial charge in [0.15, 0.2) is 0 Å². The minimum Gasteiger partial charge on any atom is -0.364 e. The monoisotopic (exact) mass is 250 g/mol. The number of carbonyl (C=O) groups excluding carboxylic acids is 2. The number of nitrogens with zero attached hydrogens (tertiary/aromatic N) is 1. The lowest BCUT2D eigenvalue weighted by atomic mass is 10.2. The number of rotatable bonds is 1. The van der Waals surface area contributed by atoms with Crippen LogP contribution < -0.4 is 11.1 Å². The van der Waals surface area contributed by atoms with Crippen LogP contribution in [0.15, 0.2) is 18.3 Å². The van der Waals surface area contributed by atoms with Crippen LogP contribution in [0.4, 0.5) is 4.79 Å². The Labute approximate surface area is 106 Å². The topological polar surface area (TPSA) is 91.2 Å². The van der Waals surface area contributed by atoms with Crippen LogP contribution in [0.3, 0.4) is 0 Å². The number of urea groups is 1. The SMILES string of the molecule is CN1C(=O)N[C@H]2CCC[C@H]21.NC(=O)c1ccc[nH]1. The van der Waals surface area contributed by atoms with Crippen LogP contribution in [-0.4, -0.2) is 41.0 Å². The van der Waals surface area contributed by atoms with Crippen molar-refractivity contribution in [3.05, 3.63) is 24.0 Å². The van der Waals surface area contributed by atoms with Gasteiger partial charge in [-0.2, -0.15) is 0 Å². The Morgan fingerprint density at radius 1 is 1.50 bits per heavy atom. The zero-order valence-corrected chi connectivity index (χ0v) is 10.3. The van der Waals surface area contributed by atoms with E-state index in [0.717, 1.165) is 0 Å². The van der Waals surface area contributed by atoms with Gasteiger partial charge in [-0.05, 0) is 31.4 Å². The quantitative estimate of drug-likeness (QED) is 0.683. The summed E-state index contributed by atoms with van der Waals surface area (Å²) in [6.07, 6.45) is 5.26. The largest absolute Gasteiger partial charge is 0.364 e. The third-order valence-electron chi connectivity index (χ3n) is 3.47. The summed E-state index contributed by atoms with van der Waals surface area (Å²) in [5.74, 6) is -0.421. The van der Waals surface area contributed by atoms with Gasteiger partial charge in [-0.25, -0.2) is 4.79 Å². The molecule has 1 saturated carbocycles. The molecule has 0 radical (unpaired) electrons. The van der Waals surface area contributed by atoms with Gasteiger partial charge in [0.25, 0.3) is 5.91 Å². The second-order valence-electron chi connectivity index (χ2n) is 4.61. The van der Waals surface area contributed by atoms with Crippen LogP contribution in [0.5, 0.6) is 0 Å². The van der Waals surface area contributed by atoms with E-state index in [-0.39, 0.29) is 6.03 Å². The van der Waals surface area contributed by atoms with Crippen LogP contribution in [0.25, 0.3) is 0 Å². The van der Waals surface area contributed by atoms with Gasteiger partial charge < -0.3 is 20.9 Å². The third-order valence-corrected chi connectivity index (χ3v) is 3.47. The van der Waals surface area contributed by atoms with Crippen LogP contribution in [0.2, 0.25) is 0 Å². The number of primary amides is 1. The van der Waals surface area contributed by atoms with Gasteiger partial charge in [0, 0.05) is 13.2 Å². The smallest absolute Gasteiger partial charge is 0.317 e. The predicted molar refractivity (Wildman–Crippen MR) is 67.0 cm³/mol. The molecule has 6 nitrogen and oxygen atoms in total. The zero-order valence-electron chi connectivity index (χ0n) is 10.3. The number of likely N-dealkylation sites (N-methyl/N-ethyl adjacent to an activating group) is 1. The van der Waals surface area contributed by atoms with Gasteiger partial charge in [0.2, 0.25) is 0 Å². The van der Waals surface area contributed by atoms with Gasteiger partial charge in [0.05, 0.1) is 12.1 Å². The maximum atomic E-state index is 11.0. The van der Waals surface area contributed by atoms with Crippen LogP contribution in [0, 0.1) is 0 Å². The minimum absolute atomic E-state index is 0.106. The Morgan fingerprint density at radius 2 is 2.28 bits per heavy atom. The van der Waals surface area contributed by atoms with Crippen molar-refractivity contribution in [1.82, 2.24) is 15.2 Å². The van der Waals surface area contributed by atoms with E-state index in [1.54, 1.807) is 18.3 Å². The lowest BCUT2D eigenvalue weighted by molar-refractivity contribution is 0.0996. The molecule has 0 bridgehead atoms. The van der Waals surface area contributed by atoms with E-state index in [9.17, 15) is 9.59 Å². The maximum absolute atomic E-state index is 11.0. The molecule has 1 aliphatic carbocycles. The molecule has 0 unspecified atom stereocenters. The number of aromatic nitrogens is 1. The van der Waals surface area contributed by atoms with Gasteiger partial charge in [-0.15, -0.1) is 0 Å². The van der Waals surface area contributed by atoms with E-state index in [1.807, 2.05) is 11.9 Å². The summed E-state index contributed by atoms with van der Waals surface area (Å²) in [7, 11) is 1.88.